The summed E-state index contributed by atoms with van der Waals surface area (Å²) in [6.45, 7) is 2.62. The largest absolute Gasteiger partial charge is 0.351 e. The minimum Gasteiger partial charge on any atom is -0.351 e. The average Bonchev–Trinajstić information content (AvgIpc) is 2.45. The average molecular weight is 272 g/mol. The van der Waals surface area contributed by atoms with Crippen LogP contribution in [0.25, 0.3) is 0 Å². The van der Waals surface area contributed by atoms with Gasteiger partial charge in [0.25, 0.3) is 0 Å². The van der Waals surface area contributed by atoms with Crippen LogP contribution >= 0.6 is 11.8 Å². The number of thioether (sulfide) groups is 1. The van der Waals surface area contributed by atoms with E-state index in [0.29, 0.717) is 12.3 Å². The number of rotatable bonds is 5. The van der Waals surface area contributed by atoms with Crippen LogP contribution in [0.5, 0.6) is 0 Å². The van der Waals surface area contributed by atoms with Crippen molar-refractivity contribution in [3.05, 3.63) is 59.8 Å². The van der Waals surface area contributed by atoms with Gasteiger partial charge in [0, 0.05) is 12.7 Å². The Morgan fingerprint density at radius 3 is 2.68 bits per heavy atom. The van der Waals surface area contributed by atoms with E-state index < -0.39 is 0 Å². The second kappa shape index (κ2) is 6.95. The molecule has 4 heteroatoms. The Morgan fingerprint density at radius 1 is 1.21 bits per heavy atom. The molecule has 1 N–H and O–H groups in total. The summed E-state index contributed by atoms with van der Waals surface area (Å²) in [6, 6.07) is 13.8. The molecule has 0 aliphatic carbocycles. The van der Waals surface area contributed by atoms with Crippen molar-refractivity contribution in [1.82, 2.24) is 10.3 Å². The van der Waals surface area contributed by atoms with E-state index in [1.165, 1.54) is 17.3 Å². The molecule has 1 amide bonds. The van der Waals surface area contributed by atoms with E-state index in [-0.39, 0.29) is 5.91 Å². The number of aromatic nitrogens is 1. The summed E-state index contributed by atoms with van der Waals surface area (Å²) >= 11 is 1.44. The van der Waals surface area contributed by atoms with Gasteiger partial charge in [-0.3, -0.25) is 4.79 Å². The lowest BCUT2D eigenvalue weighted by Crippen LogP contribution is -2.24. The first kappa shape index (κ1) is 13.6. The molecule has 0 saturated carbocycles. The van der Waals surface area contributed by atoms with Gasteiger partial charge in [-0.2, -0.15) is 0 Å². The summed E-state index contributed by atoms with van der Waals surface area (Å²) in [5, 5.41) is 3.77. The highest BCUT2D eigenvalue weighted by molar-refractivity contribution is 7.99. The van der Waals surface area contributed by atoms with Crippen LogP contribution in [0.1, 0.15) is 11.1 Å². The number of amides is 1. The molecule has 0 aliphatic rings. The third kappa shape index (κ3) is 4.75. The maximum Gasteiger partial charge on any atom is 0.230 e. The van der Waals surface area contributed by atoms with E-state index in [1.54, 1.807) is 6.20 Å². The number of nitrogens with one attached hydrogen (secondary N) is 1. The molecule has 0 bridgehead atoms. The lowest BCUT2D eigenvalue weighted by atomic mass is 10.1. The fourth-order valence-electron chi connectivity index (χ4n) is 1.53. The zero-order valence-electron chi connectivity index (χ0n) is 10.8. The Kier molecular flexibility index (Phi) is 4.98. The summed E-state index contributed by atoms with van der Waals surface area (Å²) in [6.07, 6.45) is 1.73. The van der Waals surface area contributed by atoms with E-state index in [0.717, 1.165) is 10.6 Å². The number of carbonyl (C=O) groups excluding carboxylic acids is 1. The predicted octanol–water partition coefficient (Wildman–Crippen LogP) is 2.80. The molecule has 2 rings (SSSR count). The molecule has 0 aliphatic heterocycles. The smallest absolute Gasteiger partial charge is 0.230 e. The summed E-state index contributed by atoms with van der Waals surface area (Å²) in [7, 11) is 0. The Labute approximate surface area is 117 Å². The summed E-state index contributed by atoms with van der Waals surface area (Å²) in [4.78, 5) is 15.9. The van der Waals surface area contributed by atoms with Crippen molar-refractivity contribution in [1.29, 1.82) is 0 Å². The normalized spacial score (nSPS) is 10.2. The van der Waals surface area contributed by atoms with Gasteiger partial charge in [0.1, 0.15) is 0 Å². The van der Waals surface area contributed by atoms with Gasteiger partial charge in [-0.25, -0.2) is 4.98 Å². The van der Waals surface area contributed by atoms with Crippen LogP contribution in [0, 0.1) is 6.92 Å². The molecular weight excluding hydrogens is 256 g/mol. The van der Waals surface area contributed by atoms with Crippen LogP contribution in [0.2, 0.25) is 0 Å². The number of aryl methyl sites for hydroxylation is 1. The lowest BCUT2D eigenvalue weighted by molar-refractivity contribution is -0.118. The van der Waals surface area contributed by atoms with Gasteiger partial charge in [0.15, 0.2) is 0 Å². The molecule has 0 spiro atoms. The fourth-order valence-corrected chi connectivity index (χ4v) is 2.22. The molecule has 0 atom stereocenters. The molecule has 1 heterocycles. The van der Waals surface area contributed by atoms with E-state index in [4.69, 9.17) is 0 Å². The quantitative estimate of drug-likeness (QED) is 0.851. The van der Waals surface area contributed by atoms with Crippen molar-refractivity contribution in [3.8, 4) is 0 Å². The van der Waals surface area contributed by atoms with Crippen molar-refractivity contribution in [2.75, 3.05) is 5.75 Å². The van der Waals surface area contributed by atoms with E-state index in [2.05, 4.69) is 10.3 Å². The van der Waals surface area contributed by atoms with Gasteiger partial charge < -0.3 is 5.32 Å². The second-order valence-electron chi connectivity index (χ2n) is 4.22. The molecule has 0 unspecified atom stereocenters. The summed E-state index contributed by atoms with van der Waals surface area (Å²) in [5.41, 5.74) is 2.34. The van der Waals surface area contributed by atoms with E-state index >= 15 is 0 Å². The van der Waals surface area contributed by atoms with Gasteiger partial charge in [-0.1, -0.05) is 47.7 Å². The van der Waals surface area contributed by atoms with Crippen LogP contribution < -0.4 is 5.32 Å². The number of nitrogens with zero attached hydrogens (tertiary/aromatic N) is 1. The summed E-state index contributed by atoms with van der Waals surface area (Å²) < 4.78 is 0. The van der Waals surface area contributed by atoms with E-state index in [1.807, 2.05) is 49.4 Å². The third-order valence-electron chi connectivity index (χ3n) is 2.60. The zero-order valence-corrected chi connectivity index (χ0v) is 11.6. The minimum absolute atomic E-state index is 0.0243. The Balaban J connectivity index is 1.74. The van der Waals surface area contributed by atoms with Gasteiger partial charge >= 0.3 is 0 Å². The second-order valence-corrected chi connectivity index (χ2v) is 5.21. The number of carbonyl (C=O) groups is 1. The van der Waals surface area contributed by atoms with Crippen molar-refractivity contribution < 1.29 is 4.79 Å². The van der Waals surface area contributed by atoms with Crippen LogP contribution in [0.15, 0.2) is 53.7 Å². The number of hydrogen-bond donors (Lipinski definition) is 1. The van der Waals surface area contributed by atoms with Crippen molar-refractivity contribution in [2.45, 2.75) is 18.5 Å². The Morgan fingerprint density at radius 2 is 2.00 bits per heavy atom. The first-order valence-electron chi connectivity index (χ1n) is 6.10. The van der Waals surface area contributed by atoms with Gasteiger partial charge in [-0.15, -0.1) is 0 Å². The molecule has 98 valence electrons. The monoisotopic (exact) mass is 272 g/mol. The van der Waals surface area contributed by atoms with Crippen LogP contribution in [0.3, 0.4) is 0 Å². The predicted molar refractivity (Wildman–Crippen MR) is 78.0 cm³/mol. The Bertz CT molecular complexity index is 526. The zero-order chi connectivity index (χ0) is 13.5. The molecule has 19 heavy (non-hydrogen) atoms. The molecule has 1 aromatic carbocycles. The van der Waals surface area contributed by atoms with Crippen molar-refractivity contribution in [2.24, 2.45) is 0 Å². The molecular formula is C15H16N2OS. The lowest BCUT2D eigenvalue weighted by Gasteiger charge is -2.05. The first-order chi connectivity index (χ1) is 9.24. The van der Waals surface area contributed by atoms with Crippen LogP contribution in [0.4, 0.5) is 0 Å². The fraction of sp³-hybridized carbons (Fsp3) is 0.200. The van der Waals surface area contributed by atoms with Gasteiger partial charge in [-0.05, 0) is 24.6 Å². The number of pyridine rings is 1. The molecule has 0 radical (unpaired) electrons. The molecule has 3 nitrogen and oxygen atoms in total. The topological polar surface area (TPSA) is 42.0 Å². The van der Waals surface area contributed by atoms with Gasteiger partial charge in [0.2, 0.25) is 5.91 Å². The molecule has 0 saturated heterocycles. The van der Waals surface area contributed by atoms with Crippen molar-refractivity contribution >= 4 is 17.7 Å². The molecule has 0 fully saturated rings. The molecule has 1 aromatic heterocycles. The third-order valence-corrected chi connectivity index (χ3v) is 3.54. The van der Waals surface area contributed by atoms with Gasteiger partial charge in [0.05, 0.1) is 10.8 Å². The highest BCUT2D eigenvalue weighted by Crippen LogP contribution is 2.13. The van der Waals surface area contributed by atoms with Crippen LogP contribution in [-0.2, 0) is 11.3 Å². The SMILES string of the molecule is Cc1ccc(CNC(=O)CSc2ccccn2)cc1. The minimum atomic E-state index is 0.0243. The highest BCUT2D eigenvalue weighted by atomic mass is 32.2. The number of hydrogen-bond acceptors (Lipinski definition) is 3. The Hall–Kier alpha value is -1.81. The first-order valence-corrected chi connectivity index (χ1v) is 7.09. The van der Waals surface area contributed by atoms with Crippen molar-refractivity contribution in [3.63, 3.8) is 0 Å². The molecule has 2 aromatic rings. The standard InChI is InChI=1S/C15H16N2OS/c1-12-5-7-13(8-6-12)10-17-14(18)11-19-15-4-2-3-9-16-15/h2-9H,10-11H2,1H3,(H,17,18). The highest BCUT2D eigenvalue weighted by Gasteiger charge is 2.03. The summed E-state index contributed by atoms with van der Waals surface area (Å²) in [5.74, 6) is 0.416. The maximum atomic E-state index is 11.7. The van der Waals surface area contributed by atoms with Crippen LogP contribution in [-0.4, -0.2) is 16.6 Å². The van der Waals surface area contributed by atoms with E-state index in [9.17, 15) is 4.79 Å². The number of benzene rings is 1. The maximum absolute atomic E-state index is 11.7.